The third-order valence-corrected chi connectivity index (χ3v) is 6.40. The van der Waals surface area contributed by atoms with Crippen molar-refractivity contribution in [2.75, 3.05) is 37.7 Å². The van der Waals surface area contributed by atoms with Gasteiger partial charge in [0.2, 0.25) is 5.91 Å². The molecule has 35 heavy (non-hydrogen) atoms. The summed E-state index contributed by atoms with van der Waals surface area (Å²) in [5, 5.41) is 10.2. The minimum atomic E-state index is -0.853. The van der Waals surface area contributed by atoms with E-state index in [1.54, 1.807) is 4.90 Å². The number of rotatable bonds is 4. The number of amides is 1. The van der Waals surface area contributed by atoms with Gasteiger partial charge in [-0.2, -0.15) is 4.98 Å². The van der Waals surface area contributed by atoms with Crippen LogP contribution in [0.1, 0.15) is 0 Å². The Morgan fingerprint density at radius 2 is 1.89 bits per heavy atom. The zero-order valence-electron chi connectivity index (χ0n) is 18.3. The van der Waals surface area contributed by atoms with E-state index in [4.69, 9.17) is 16.3 Å². The van der Waals surface area contributed by atoms with Gasteiger partial charge >= 0.3 is 5.69 Å². The molecule has 1 fully saturated rings. The van der Waals surface area contributed by atoms with E-state index in [-0.39, 0.29) is 33.5 Å². The topological polar surface area (TPSA) is 87.9 Å². The number of carbonyl (C=O) groups excluding carboxylic acids is 1. The van der Waals surface area contributed by atoms with Gasteiger partial charge in [-0.05, 0) is 24.3 Å². The Kier molecular flexibility index (Phi) is 5.78. The van der Waals surface area contributed by atoms with E-state index in [1.807, 2.05) is 4.90 Å². The van der Waals surface area contributed by atoms with Gasteiger partial charge in [0.05, 0.1) is 28.5 Å². The molecule has 8 nitrogen and oxygen atoms in total. The maximum Gasteiger partial charge on any atom is 0.354 e. The number of hydrogen-bond donors (Lipinski definition) is 1. The molecule has 3 heterocycles. The largest absolute Gasteiger partial charge is 0.460 e. The average molecular weight is 501 g/mol. The van der Waals surface area contributed by atoms with Gasteiger partial charge in [-0.25, -0.2) is 13.6 Å². The zero-order chi connectivity index (χ0) is 24.9. The second-order valence-corrected chi connectivity index (χ2v) is 8.42. The summed E-state index contributed by atoms with van der Waals surface area (Å²) in [5.74, 6) is -1.64. The first-order chi connectivity index (χ1) is 16.8. The first-order valence-corrected chi connectivity index (χ1v) is 11.1. The number of benzene rings is 2. The van der Waals surface area contributed by atoms with E-state index < -0.39 is 29.5 Å². The summed E-state index contributed by atoms with van der Waals surface area (Å²) in [5.41, 5.74) is -0.878. The van der Waals surface area contributed by atoms with Crippen molar-refractivity contribution in [2.24, 2.45) is 0 Å². The highest BCUT2D eigenvalue weighted by Crippen LogP contribution is 2.47. The van der Waals surface area contributed by atoms with Crippen LogP contribution >= 0.6 is 11.6 Å². The zero-order valence-corrected chi connectivity index (χ0v) is 19.1. The van der Waals surface area contributed by atoms with Crippen LogP contribution in [0.3, 0.4) is 0 Å². The molecule has 1 saturated heterocycles. The number of aliphatic hydroxyl groups is 1. The lowest BCUT2D eigenvalue weighted by Gasteiger charge is -2.35. The number of carbonyl (C=O) groups is 1. The third-order valence-electron chi connectivity index (χ3n) is 6.10. The molecule has 0 bridgehead atoms. The van der Waals surface area contributed by atoms with Crippen molar-refractivity contribution >= 4 is 39.9 Å². The lowest BCUT2D eigenvalue weighted by Crippen LogP contribution is -2.49. The Bertz CT molecular complexity index is 1460. The smallest absolute Gasteiger partial charge is 0.354 e. The van der Waals surface area contributed by atoms with Crippen molar-refractivity contribution < 1.29 is 23.4 Å². The van der Waals surface area contributed by atoms with Crippen LogP contribution in [0.15, 0.2) is 48.0 Å². The third kappa shape index (κ3) is 3.65. The van der Waals surface area contributed by atoms with Crippen molar-refractivity contribution in [1.82, 2.24) is 14.5 Å². The van der Waals surface area contributed by atoms with Crippen molar-refractivity contribution in [2.45, 2.75) is 0 Å². The Morgan fingerprint density at radius 1 is 1.20 bits per heavy atom. The van der Waals surface area contributed by atoms with E-state index in [0.717, 1.165) is 23.0 Å². The molecule has 0 saturated carbocycles. The van der Waals surface area contributed by atoms with E-state index in [0.29, 0.717) is 37.4 Å². The average Bonchev–Trinajstić information content (AvgIpc) is 2.86. The number of nitrogens with zero attached hydrogens (tertiary/aromatic N) is 4. The molecular formula is C24H19ClF2N4O4. The normalized spacial score (nSPS) is 15.1. The Morgan fingerprint density at radius 3 is 2.51 bits per heavy atom. The van der Waals surface area contributed by atoms with Gasteiger partial charge in [-0.3, -0.25) is 9.36 Å². The van der Waals surface area contributed by atoms with Crippen LogP contribution < -0.4 is 15.3 Å². The van der Waals surface area contributed by atoms with Gasteiger partial charge in [0.1, 0.15) is 29.2 Å². The van der Waals surface area contributed by atoms with Crippen molar-refractivity contribution in [3.05, 3.63) is 70.3 Å². The van der Waals surface area contributed by atoms with Gasteiger partial charge in [-0.15, -0.1) is 0 Å². The number of hydrogen-bond acceptors (Lipinski definition) is 6. The van der Waals surface area contributed by atoms with Crippen molar-refractivity contribution in [3.63, 3.8) is 0 Å². The summed E-state index contributed by atoms with van der Waals surface area (Å²) < 4.78 is 36.3. The molecule has 2 aliphatic heterocycles. The highest BCUT2D eigenvalue weighted by molar-refractivity contribution is 6.35. The molecule has 0 aliphatic carbocycles. The number of halogens is 3. The maximum atomic E-state index is 14.7. The molecule has 180 valence electrons. The molecule has 1 amide bonds. The summed E-state index contributed by atoms with van der Waals surface area (Å²) in [7, 11) is 0. The van der Waals surface area contributed by atoms with Crippen molar-refractivity contribution in [3.8, 4) is 16.9 Å². The lowest BCUT2D eigenvalue weighted by atomic mass is 9.99. The van der Waals surface area contributed by atoms with Crippen LogP contribution in [0.4, 0.5) is 14.6 Å². The van der Waals surface area contributed by atoms with Crippen LogP contribution in [0.5, 0.6) is 5.75 Å². The number of aliphatic hydroxyl groups excluding tert-OH is 1. The molecule has 0 unspecified atom stereocenters. The van der Waals surface area contributed by atoms with Gasteiger partial charge < -0.3 is 19.6 Å². The maximum absolute atomic E-state index is 14.7. The minimum absolute atomic E-state index is 0.00827. The summed E-state index contributed by atoms with van der Waals surface area (Å²) in [6, 6.07) is 4.90. The van der Waals surface area contributed by atoms with Gasteiger partial charge in [-0.1, -0.05) is 24.2 Å². The first kappa shape index (κ1) is 23.0. The standard InChI is InChI=1S/C24H19ClF2N4O4/c1-2-18(33)29-6-8-30(9-7-29)23-14-10-15(25)19(20-16(26)4-3-5-17(20)27)22-21(14)31(24(34)28-23)13(11-32)12-35-22/h2-5,10,12,32H,1,6-9,11H2. The van der Waals surface area contributed by atoms with Crippen LogP contribution in [0.2, 0.25) is 5.02 Å². The van der Waals surface area contributed by atoms with Crippen LogP contribution in [0.25, 0.3) is 27.7 Å². The molecule has 2 aliphatic rings. The highest BCUT2D eigenvalue weighted by Gasteiger charge is 2.31. The summed E-state index contributed by atoms with van der Waals surface area (Å²) in [4.78, 5) is 32.8. The van der Waals surface area contributed by atoms with Crippen LogP contribution in [0, 0.1) is 11.6 Å². The van der Waals surface area contributed by atoms with Crippen LogP contribution in [-0.4, -0.2) is 58.3 Å². The van der Waals surface area contributed by atoms with Gasteiger partial charge in [0, 0.05) is 31.6 Å². The quantitative estimate of drug-likeness (QED) is 0.554. The SMILES string of the molecule is C=CC(=O)N1CCN(c2nc(=O)n3c4c(c(-c5c(F)cccc5F)c(Cl)cc24)OC=C3CO)CC1. The molecule has 2 aromatic carbocycles. The second-order valence-electron chi connectivity index (χ2n) is 8.01. The number of aromatic nitrogens is 2. The molecule has 1 N–H and O–H groups in total. The molecule has 3 aromatic rings. The van der Waals surface area contributed by atoms with E-state index >= 15 is 0 Å². The summed E-state index contributed by atoms with van der Waals surface area (Å²) in [6.45, 7) is 4.49. The fourth-order valence-corrected chi connectivity index (χ4v) is 4.74. The number of ether oxygens (including phenoxy) is 1. The monoisotopic (exact) mass is 500 g/mol. The molecule has 0 radical (unpaired) electrons. The molecule has 0 spiro atoms. The Labute approximate surface area is 202 Å². The molecule has 11 heteroatoms. The predicted molar refractivity (Wildman–Crippen MR) is 127 cm³/mol. The number of piperazine rings is 1. The van der Waals surface area contributed by atoms with Crippen molar-refractivity contribution in [1.29, 1.82) is 0 Å². The molecular weight excluding hydrogens is 482 g/mol. The molecule has 1 aromatic heterocycles. The second kappa shape index (κ2) is 8.79. The summed E-state index contributed by atoms with van der Waals surface area (Å²) in [6.07, 6.45) is 2.37. The predicted octanol–water partition coefficient (Wildman–Crippen LogP) is 3.01. The van der Waals surface area contributed by atoms with Crippen LogP contribution in [-0.2, 0) is 4.79 Å². The highest BCUT2D eigenvalue weighted by atomic mass is 35.5. The van der Waals surface area contributed by atoms with Gasteiger partial charge in [0.15, 0.2) is 5.75 Å². The van der Waals surface area contributed by atoms with Gasteiger partial charge in [0.25, 0.3) is 0 Å². The fourth-order valence-electron chi connectivity index (χ4n) is 4.45. The molecule has 5 rings (SSSR count). The first-order valence-electron chi connectivity index (χ1n) is 10.7. The minimum Gasteiger partial charge on any atom is -0.460 e. The fraction of sp³-hybridized carbons (Fsp3) is 0.208. The lowest BCUT2D eigenvalue weighted by molar-refractivity contribution is -0.126. The van der Waals surface area contributed by atoms with E-state index in [2.05, 4.69) is 11.6 Å². The Balaban J connectivity index is 1.75. The van der Waals surface area contributed by atoms with E-state index in [9.17, 15) is 23.5 Å². The Hall–Kier alpha value is -3.76. The summed E-state index contributed by atoms with van der Waals surface area (Å²) >= 11 is 6.57. The molecule has 0 atom stereocenters. The van der Waals surface area contributed by atoms with E-state index in [1.165, 1.54) is 18.2 Å². The number of anilines is 1.